The summed E-state index contributed by atoms with van der Waals surface area (Å²) >= 11 is 0. The molecule has 1 aromatic heterocycles. The quantitative estimate of drug-likeness (QED) is 0.378. The normalized spacial score (nSPS) is 21.5. The molecule has 7 heteroatoms. The first-order valence-electron chi connectivity index (χ1n) is 7.62. The van der Waals surface area contributed by atoms with Gasteiger partial charge in [0.2, 0.25) is 5.96 Å². The van der Waals surface area contributed by atoms with Crippen molar-refractivity contribution in [2.45, 2.75) is 57.7 Å². The number of anilines is 1. The molecule has 0 aliphatic carbocycles. The molecular formula is C16H23N6O. The van der Waals surface area contributed by atoms with Gasteiger partial charge in [-0.3, -0.25) is 10.3 Å². The molecule has 0 saturated carbocycles. The summed E-state index contributed by atoms with van der Waals surface area (Å²) in [5.74, 6) is 0.384. The van der Waals surface area contributed by atoms with Gasteiger partial charge in [0.1, 0.15) is 0 Å². The molecule has 1 saturated heterocycles. The van der Waals surface area contributed by atoms with Gasteiger partial charge in [-0.1, -0.05) is 0 Å². The van der Waals surface area contributed by atoms with E-state index in [1.54, 1.807) is 24.5 Å². The second-order valence-corrected chi connectivity index (χ2v) is 7.06. The van der Waals surface area contributed by atoms with Crippen molar-refractivity contribution in [3.63, 3.8) is 0 Å². The maximum atomic E-state index is 12.4. The number of aromatic nitrogens is 1. The fraction of sp³-hybridized carbons (Fsp3) is 0.562. The van der Waals surface area contributed by atoms with Crippen LogP contribution in [-0.2, 0) is 5.21 Å². The van der Waals surface area contributed by atoms with E-state index in [4.69, 9.17) is 5.26 Å². The molecule has 0 bridgehead atoms. The predicted octanol–water partition coefficient (Wildman–Crippen LogP) is 2.29. The van der Waals surface area contributed by atoms with Gasteiger partial charge in [0, 0.05) is 29.2 Å². The van der Waals surface area contributed by atoms with Gasteiger partial charge in [-0.15, -0.1) is 10.3 Å². The Labute approximate surface area is 137 Å². The summed E-state index contributed by atoms with van der Waals surface area (Å²) in [7, 11) is 0. The fourth-order valence-electron chi connectivity index (χ4n) is 3.21. The minimum atomic E-state index is -0.496. The molecule has 0 spiro atoms. The monoisotopic (exact) mass is 315 g/mol. The van der Waals surface area contributed by atoms with Gasteiger partial charge in [0.05, 0.1) is 6.04 Å². The van der Waals surface area contributed by atoms with E-state index in [-0.39, 0.29) is 6.04 Å². The average Bonchev–Trinajstić information content (AvgIpc) is 2.45. The number of guanidine groups is 1. The van der Waals surface area contributed by atoms with Crippen LogP contribution in [0.25, 0.3) is 0 Å². The van der Waals surface area contributed by atoms with Crippen LogP contribution in [0.2, 0.25) is 0 Å². The van der Waals surface area contributed by atoms with Crippen molar-refractivity contribution in [3.05, 3.63) is 24.5 Å². The van der Waals surface area contributed by atoms with Crippen LogP contribution in [0.5, 0.6) is 0 Å². The van der Waals surface area contributed by atoms with E-state index in [2.05, 4.69) is 20.6 Å². The predicted molar refractivity (Wildman–Crippen MR) is 87.7 cm³/mol. The number of nitrogens with zero attached hydrogens (tertiary/aromatic N) is 4. The average molecular weight is 315 g/mol. The molecule has 0 unspecified atom stereocenters. The Bertz CT molecular complexity index is 587. The zero-order valence-electron chi connectivity index (χ0n) is 14.0. The van der Waals surface area contributed by atoms with E-state index in [0.717, 1.165) is 5.69 Å². The molecule has 7 nitrogen and oxygen atoms in total. The third-order valence-electron chi connectivity index (χ3n) is 4.00. The van der Waals surface area contributed by atoms with Gasteiger partial charge in [-0.05, 0) is 52.7 Å². The molecule has 1 aliphatic rings. The molecule has 0 aromatic carbocycles. The SMILES string of the molecule is CC1(C)CC(N=C(NC#N)Nc2ccncc2)CC(C)(C)N1[O]. The summed E-state index contributed by atoms with van der Waals surface area (Å²) in [6.07, 6.45) is 6.49. The molecule has 0 atom stereocenters. The molecule has 1 fully saturated rings. The van der Waals surface area contributed by atoms with Crippen molar-refractivity contribution in [1.29, 1.82) is 5.26 Å². The maximum Gasteiger partial charge on any atom is 0.209 e. The van der Waals surface area contributed by atoms with Gasteiger partial charge >= 0.3 is 0 Å². The Morgan fingerprint density at radius 3 is 2.39 bits per heavy atom. The maximum absolute atomic E-state index is 12.4. The molecule has 0 amide bonds. The van der Waals surface area contributed by atoms with Crippen LogP contribution in [0.1, 0.15) is 40.5 Å². The number of piperidine rings is 1. The Balaban J connectivity index is 2.20. The van der Waals surface area contributed by atoms with Gasteiger partial charge < -0.3 is 5.32 Å². The highest BCUT2D eigenvalue weighted by molar-refractivity contribution is 5.94. The first kappa shape index (κ1) is 17.2. The lowest BCUT2D eigenvalue weighted by Crippen LogP contribution is -2.59. The number of aliphatic imine (C=N–C) groups is 1. The minimum Gasteiger partial charge on any atom is -0.325 e. The standard InChI is InChI=1S/C16H23N6O/c1-15(2)9-13(10-16(3,4)22(15)23)21-14(19-11-17)20-12-5-7-18-8-6-12/h5-8,13H,9-10H2,1-4H3,(H2,18,19,20,21). The van der Waals surface area contributed by atoms with Gasteiger partial charge in [0.15, 0.2) is 6.19 Å². The third kappa shape index (κ3) is 4.18. The number of hydroxylamine groups is 2. The molecule has 1 aromatic rings. The van der Waals surface area contributed by atoms with Crippen LogP contribution in [0.3, 0.4) is 0 Å². The molecule has 2 N–H and O–H groups in total. The van der Waals surface area contributed by atoms with E-state index >= 15 is 0 Å². The van der Waals surface area contributed by atoms with Crippen molar-refractivity contribution in [2.75, 3.05) is 5.32 Å². The Hall–Kier alpha value is -2.17. The zero-order chi connectivity index (χ0) is 17.1. The Kier molecular flexibility index (Phi) is 4.88. The number of nitriles is 1. The van der Waals surface area contributed by atoms with E-state index in [9.17, 15) is 5.21 Å². The van der Waals surface area contributed by atoms with E-state index < -0.39 is 11.1 Å². The number of hydrogen-bond donors (Lipinski definition) is 2. The second-order valence-electron chi connectivity index (χ2n) is 7.06. The van der Waals surface area contributed by atoms with Crippen LogP contribution >= 0.6 is 0 Å². The molecule has 1 aliphatic heterocycles. The molecule has 23 heavy (non-hydrogen) atoms. The van der Waals surface area contributed by atoms with Crippen LogP contribution in [-0.4, -0.2) is 33.1 Å². The summed E-state index contributed by atoms with van der Waals surface area (Å²) < 4.78 is 0. The first-order valence-corrected chi connectivity index (χ1v) is 7.62. The van der Waals surface area contributed by atoms with E-state index in [1.807, 2.05) is 33.9 Å². The fourth-order valence-corrected chi connectivity index (χ4v) is 3.21. The lowest BCUT2D eigenvalue weighted by atomic mass is 9.79. The van der Waals surface area contributed by atoms with Gasteiger partial charge in [0.25, 0.3) is 0 Å². The van der Waals surface area contributed by atoms with E-state index in [1.165, 1.54) is 5.06 Å². The largest absolute Gasteiger partial charge is 0.325 e. The van der Waals surface area contributed by atoms with Crippen LogP contribution in [0, 0.1) is 11.5 Å². The minimum absolute atomic E-state index is 0.0459. The third-order valence-corrected chi connectivity index (χ3v) is 4.00. The molecule has 123 valence electrons. The smallest absolute Gasteiger partial charge is 0.209 e. The second kappa shape index (κ2) is 6.52. The highest BCUT2D eigenvalue weighted by atomic mass is 16.5. The summed E-state index contributed by atoms with van der Waals surface area (Å²) in [6.45, 7) is 7.71. The molecule has 1 radical (unpaired) electrons. The molecule has 2 rings (SSSR count). The Morgan fingerprint density at radius 1 is 1.30 bits per heavy atom. The number of pyridine rings is 1. The number of rotatable bonds is 2. The van der Waals surface area contributed by atoms with Crippen LogP contribution in [0.15, 0.2) is 29.5 Å². The molecular weight excluding hydrogens is 292 g/mol. The summed E-state index contributed by atoms with van der Waals surface area (Å²) in [4.78, 5) is 8.59. The van der Waals surface area contributed by atoms with E-state index in [0.29, 0.717) is 18.8 Å². The highest BCUT2D eigenvalue weighted by Crippen LogP contribution is 2.38. The highest BCUT2D eigenvalue weighted by Gasteiger charge is 2.46. The first-order chi connectivity index (χ1) is 10.7. The molecule has 2 heterocycles. The lowest BCUT2D eigenvalue weighted by molar-refractivity contribution is -0.288. The summed E-state index contributed by atoms with van der Waals surface area (Å²) in [6, 6.07) is 3.54. The van der Waals surface area contributed by atoms with Gasteiger partial charge in [-0.2, -0.15) is 5.26 Å². The lowest BCUT2D eigenvalue weighted by Gasteiger charge is -2.48. The van der Waals surface area contributed by atoms with Crippen molar-refractivity contribution >= 4 is 11.6 Å². The number of hydrogen-bond acceptors (Lipinski definition) is 4. The van der Waals surface area contributed by atoms with Crippen molar-refractivity contribution < 1.29 is 5.21 Å². The van der Waals surface area contributed by atoms with Crippen molar-refractivity contribution in [1.82, 2.24) is 15.4 Å². The Morgan fingerprint density at radius 2 is 1.87 bits per heavy atom. The van der Waals surface area contributed by atoms with Crippen LogP contribution in [0.4, 0.5) is 5.69 Å². The van der Waals surface area contributed by atoms with Gasteiger partial charge in [-0.25, -0.2) is 4.99 Å². The summed E-state index contributed by atoms with van der Waals surface area (Å²) in [5, 5.41) is 28.2. The van der Waals surface area contributed by atoms with Crippen molar-refractivity contribution in [2.24, 2.45) is 4.99 Å². The van der Waals surface area contributed by atoms with Crippen LogP contribution < -0.4 is 10.6 Å². The van der Waals surface area contributed by atoms with Crippen molar-refractivity contribution in [3.8, 4) is 6.19 Å². The zero-order valence-corrected chi connectivity index (χ0v) is 14.0. The summed E-state index contributed by atoms with van der Waals surface area (Å²) in [5.41, 5.74) is -0.199. The topological polar surface area (TPSA) is 96.2 Å². The number of nitrogens with one attached hydrogen (secondary N) is 2.